The van der Waals surface area contributed by atoms with Gasteiger partial charge in [0.05, 0.1) is 6.61 Å². The number of benzene rings is 2. The Morgan fingerprint density at radius 1 is 1.03 bits per heavy atom. The Labute approximate surface area is 180 Å². The molecule has 0 radical (unpaired) electrons. The van der Waals surface area contributed by atoms with Gasteiger partial charge in [0.2, 0.25) is 0 Å². The van der Waals surface area contributed by atoms with Gasteiger partial charge in [0.25, 0.3) is 0 Å². The summed E-state index contributed by atoms with van der Waals surface area (Å²) in [5.41, 5.74) is 1.21. The molecule has 0 aromatic heterocycles. The fourth-order valence-corrected chi connectivity index (χ4v) is 4.15. The van der Waals surface area contributed by atoms with E-state index in [1.165, 1.54) is 36.0 Å². The van der Waals surface area contributed by atoms with E-state index in [1.54, 1.807) is 6.07 Å². The Balaban J connectivity index is 1.66. The van der Waals surface area contributed by atoms with Crippen molar-refractivity contribution < 1.29 is 27.2 Å². The normalized spacial score (nSPS) is 12.3. The van der Waals surface area contributed by atoms with Crippen molar-refractivity contribution >= 4 is 20.0 Å². The zero-order valence-corrected chi connectivity index (χ0v) is 18.5. The van der Waals surface area contributed by atoms with Crippen molar-refractivity contribution in [1.82, 2.24) is 5.32 Å². The highest BCUT2D eigenvalue weighted by atomic mass is 32.2. The van der Waals surface area contributed by atoms with Crippen LogP contribution in [0.4, 0.5) is 13.2 Å². The van der Waals surface area contributed by atoms with E-state index in [4.69, 9.17) is 4.89 Å². The summed E-state index contributed by atoms with van der Waals surface area (Å²) >= 11 is 1.29. The molecule has 0 heterocycles. The average Bonchev–Trinajstić information content (AvgIpc) is 2.70. The monoisotopic (exact) mass is 461 g/mol. The van der Waals surface area contributed by atoms with E-state index in [2.05, 4.69) is 9.84 Å². The van der Waals surface area contributed by atoms with Gasteiger partial charge in [0.1, 0.15) is 17.5 Å². The second kappa shape index (κ2) is 13.9. The highest BCUT2D eigenvalue weighted by Gasteiger charge is 2.10. The second-order valence-corrected chi connectivity index (χ2v) is 8.77. The van der Waals surface area contributed by atoms with Crippen LogP contribution in [-0.4, -0.2) is 23.8 Å². The van der Waals surface area contributed by atoms with Crippen LogP contribution in [0.25, 0.3) is 0 Å². The van der Waals surface area contributed by atoms with Crippen molar-refractivity contribution in [3.8, 4) is 0 Å². The molecule has 0 saturated heterocycles. The Morgan fingerprint density at radius 3 is 2.63 bits per heavy atom. The first-order chi connectivity index (χ1) is 14.5. The minimum atomic E-state index is -2.92. The van der Waals surface area contributed by atoms with Crippen molar-refractivity contribution in [2.24, 2.45) is 0 Å². The fraction of sp³-hybridized carbons (Fsp3) is 0.429. The van der Waals surface area contributed by atoms with Gasteiger partial charge < -0.3 is 14.7 Å². The molecule has 0 amide bonds. The van der Waals surface area contributed by atoms with E-state index in [-0.39, 0.29) is 24.5 Å². The maximum absolute atomic E-state index is 14.3. The van der Waals surface area contributed by atoms with E-state index in [0.717, 1.165) is 31.2 Å². The van der Waals surface area contributed by atoms with Crippen molar-refractivity contribution in [3.05, 3.63) is 65.0 Å². The molecule has 30 heavy (non-hydrogen) atoms. The molecular weight excluding hydrogens is 434 g/mol. The zero-order chi connectivity index (χ0) is 21.8. The summed E-state index contributed by atoms with van der Waals surface area (Å²) in [6.07, 6.45) is 4.02. The summed E-state index contributed by atoms with van der Waals surface area (Å²) < 4.78 is 56.6. The molecule has 0 aliphatic heterocycles. The summed E-state index contributed by atoms with van der Waals surface area (Å²) in [5.74, 6) is -0.451. The maximum Gasteiger partial charge on any atom is 0.316 e. The standard InChI is InChI=1S/C21H27F3NO3PS/c22-18-8-4-7-16(12-18)6-2-1-3-11-30-21-14-19(23)17(13-20(21)24)15-25-9-5-10-28-29(26)27/h4,7-8,12-14,25,29H,1-3,5-6,9-11,15H2,(H,26,27). The molecule has 2 aromatic carbocycles. The molecule has 2 aromatic rings. The van der Waals surface area contributed by atoms with Crippen LogP contribution in [0.1, 0.15) is 36.8 Å². The van der Waals surface area contributed by atoms with Crippen LogP contribution in [0, 0.1) is 17.5 Å². The van der Waals surface area contributed by atoms with Gasteiger partial charge in [0.15, 0.2) is 0 Å². The predicted octanol–water partition coefficient (Wildman–Crippen LogP) is 5.49. The van der Waals surface area contributed by atoms with E-state index >= 15 is 0 Å². The van der Waals surface area contributed by atoms with Gasteiger partial charge in [-0.25, -0.2) is 13.2 Å². The van der Waals surface area contributed by atoms with E-state index in [0.29, 0.717) is 23.6 Å². The van der Waals surface area contributed by atoms with E-state index in [1.807, 2.05) is 6.07 Å². The summed E-state index contributed by atoms with van der Waals surface area (Å²) in [6.45, 7) is 0.764. The Morgan fingerprint density at radius 2 is 1.87 bits per heavy atom. The van der Waals surface area contributed by atoms with Crippen LogP contribution in [-0.2, 0) is 22.1 Å². The first kappa shape index (κ1) is 25.0. The van der Waals surface area contributed by atoms with Crippen molar-refractivity contribution in [3.63, 3.8) is 0 Å². The highest BCUT2D eigenvalue weighted by Crippen LogP contribution is 2.26. The largest absolute Gasteiger partial charge is 0.326 e. The van der Waals surface area contributed by atoms with Crippen molar-refractivity contribution in [1.29, 1.82) is 0 Å². The molecule has 2 N–H and O–H groups in total. The van der Waals surface area contributed by atoms with Gasteiger partial charge >= 0.3 is 8.25 Å². The number of unbranched alkanes of at least 4 members (excludes halogenated alkanes) is 2. The zero-order valence-electron chi connectivity index (χ0n) is 16.6. The van der Waals surface area contributed by atoms with Crippen LogP contribution in [0.15, 0.2) is 41.3 Å². The van der Waals surface area contributed by atoms with Crippen LogP contribution < -0.4 is 5.32 Å². The predicted molar refractivity (Wildman–Crippen MR) is 115 cm³/mol. The van der Waals surface area contributed by atoms with Crippen LogP contribution >= 0.6 is 20.0 Å². The van der Waals surface area contributed by atoms with Gasteiger partial charge in [-0.15, -0.1) is 11.8 Å². The third-order valence-corrected chi connectivity index (χ3v) is 5.96. The van der Waals surface area contributed by atoms with E-state index < -0.39 is 19.9 Å². The lowest BCUT2D eigenvalue weighted by atomic mass is 10.1. The van der Waals surface area contributed by atoms with Gasteiger partial charge in [-0.2, -0.15) is 0 Å². The van der Waals surface area contributed by atoms with Gasteiger partial charge in [-0.05, 0) is 67.8 Å². The number of hydrogen-bond acceptors (Lipinski definition) is 4. The fourth-order valence-electron chi connectivity index (χ4n) is 2.88. The molecule has 9 heteroatoms. The number of thioether (sulfide) groups is 1. The van der Waals surface area contributed by atoms with Crippen molar-refractivity contribution in [2.45, 2.75) is 43.5 Å². The number of halogens is 3. The van der Waals surface area contributed by atoms with E-state index in [9.17, 15) is 17.7 Å². The molecule has 166 valence electrons. The third kappa shape index (κ3) is 9.67. The molecule has 4 nitrogen and oxygen atoms in total. The molecule has 1 unspecified atom stereocenters. The number of hydrogen-bond donors (Lipinski definition) is 2. The summed E-state index contributed by atoms with van der Waals surface area (Å²) in [6, 6.07) is 9.00. The topological polar surface area (TPSA) is 58.6 Å². The molecule has 0 bridgehead atoms. The lowest BCUT2D eigenvalue weighted by molar-refractivity contribution is 0.276. The Kier molecular flexibility index (Phi) is 11.6. The number of nitrogens with one attached hydrogen (secondary N) is 1. The number of rotatable bonds is 14. The quantitative estimate of drug-likeness (QED) is 0.221. The maximum atomic E-state index is 14.3. The molecule has 0 saturated carbocycles. The third-order valence-electron chi connectivity index (χ3n) is 4.40. The molecule has 1 atom stereocenters. The smallest absolute Gasteiger partial charge is 0.316 e. The average molecular weight is 461 g/mol. The molecule has 2 rings (SSSR count). The lowest BCUT2D eigenvalue weighted by Gasteiger charge is -2.09. The molecular formula is C21H27F3NO3PS. The number of aryl methyl sites for hydroxylation is 1. The van der Waals surface area contributed by atoms with Gasteiger partial charge in [0, 0.05) is 17.0 Å². The molecule has 0 fully saturated rings. The Bertz CT molecular complexity index is 826. The van der Waals surface area contributed by atoms with Crippen LogP contribution in [0.2, 0.25) is 0 Å². The Hall–Kier alpha value is -1.31. The minimum Gasteiger partial charge on any atom is -0.326 e. The first-order valence-corrected chi connectivity index (χ1v) is 12.1. The highest BCUT2D eigenvalue weighted by molar-refractivity contribution is 7.99. The summed E-state index contributed by atoms with van der Waals surface area (Å²) in [4.78, 5) is 8.83. The molecule has 0 spiro atoms. The SMILES string of the molecule is O=[PH](O)OCCCNCc1cc(F)c(SCCCCCc2cccc(F)c2)cc1F. The minimum absolute atomic E-state index is 0.135. The second-order valence-electron chi connectivity index (χ2n) is 6.81. The summed E-state index contributed by atoms with van der Waals surface area (Å²) in [7, 11) is -2.92. The summed E-state index contributed by atoms with van der Waals surface area (Å²) in [5, 5.41) is 2.96. The van der Waals surface area contributed by atoms with Gasteiger partial charge in [-0.3, -0.25) is 4.57 Å². The van der Waals surface area contributed by atoms with Gasteiger partial charge in [-0.1, -0.05) is 18.6 Å². The lowest BCUT2D eigenvalue weighted by Crippen LogP contribution is -2.17. The van der Waals surface area contributed by atoms with Crippen LogP contribution in [0.5, 0.6) is 0 Å². The van der Waals surface area contributed by atoms with Crippen molar-refractivity contribution in [2.75, 3.05) is 18.9 Å². The molecule has 0 aliphatic carbocycles. The van der Waals surface area contributed by atoms with Crippen LogP contribution in [0.3, 0.4) is 0 Å². The first-order valence-electron chi connectivity index (χ1n) is 9.87. The molecule has 0 aliphatic rings.